The van der Waals surface area contributed by atoms with Crippen molar-refractivity contribution in [1.82, 2.24) is 9.13 Å². The van der Waals surface area contributed by atoms with Crippen molar-refractivity contribution in [2.24, 2.45) is 0 Å². The summed E-state index contributed by atoms with van der Waals surface area (Å²) in [5, 5.41) is 9.75. The van der Waals surface area contributed by atoms with Crippen LogP contribution < -0.4 is 0 Å². The van der Waals surface area contributed by atoms with Crippen LogP contribution in [0.15, 0.2) is 150 Å². The Balaban J connectivity index is 1.45. The van der Waals surface area contributed by atoms with Crippen molar-refractivity contribution in [3.05, 3.63) is 146 Å². The second kappa shape index (κ2) is 8.37. The molecule has 0 spiro atoms. The van der Waals surface area contributed by atoms with Crippen LogP contribution in [-0.2, 0) is 0 Å². The molecule has 0 atom stereocenters. The quantitative estimate of drug-likeness (QED) is 0.211. The third kappa shape index (κ3) is 3.03. The van der Waals surface area contributed by atoms with Crippen LogP contribution in [0.25, 0.3) is 87.7 Å². The van der Waals surface area contributed by atoms with E-state index in [4.69, 9.17) is 4.42 Å². The maximum Gasteiger partial charge on any atom is 0.135 e. The van der Waals surface area contributed by atoms with Gasteiger partial charge in [-0.1, -0.05) is 97.1 Å². The van der Waals surface area contributed by atoms with Gasteiger partial charge in [-0.3, -0.25) is 0 Å². The molecule has 0 saturated heterocycles. The molecule has 10 aromatic rings. The molecule has 0 bridgehead atoms. The largest absolute Gasteiger partial charge is 0.456 e. The maximum atomic E-state index is 6.21. The van der Waals surface area contributed by atoms with Gasteiger partial charge in [-0.25, -0.2) is 0 Å². The van der Waals surface area contributed by atoms with Gasteiger partial charge in [-0.05, 0) is 53.9 Å². The van der Waals surface area contributed by atoms with E-state index < -0.39 is 0 Å². The molecule has 3 nitrogen and oxygen atoms in total. The van der Waals surface area contributed by atoms with E-state index in [9.17, 15) is 0 Å². The van der Waals surface area contributed by atoms with Gasteiger partial charge in [-0.15, -0.1) is 0 Å². The Kier molecular flexibility index (Phi) is 4.45. The minimum atomic E-state index is 0.905. The lowest BCUT2D eigenvalue weighted by Gasteiger charge is -2.13. The molecule has 200 valence electrons. The predicted molar refractivity (Wildman–Crippen MR) is 180 cm³/mol. The zero-order chi connectivity index (χ0) is 28.1. The van der Waals surface area contributed by atoms with E-state index in [1.165, 1.54) is 54.4 Å². The highest BCUT2D eigenvalue weighted by molar-refractivity contribution is 6.28. The normalized spacial score (nSPS) is 12.2. The molecule has 10 rings (SSSR count). The molecule has 0 unspecified atom stereocenters. The molecule has 0 aliphatic carbocycles. The SMILES string of the molecule is c1ccc(-n2c3ccccc3c3ccc4ccc5c6ccccc6n(-c6ccc7oc8ccccc8c7c6)c5c4c32)cc1. The number of fused-ring (bicyclic) bond motifs is 12. The smallest absolute Gasteiger partial charge is 0.135 e. The zero-order valence-corrected chi connectivity index (χ0v) is 23.2. The number of aromatic nitrogens is 2. The Labute approximate surface area is 246 Å². The fourth-order valence-electron chi connectivity index (χ4n) is 7.28. The van der Waals surface area contributed by atoms with Gasteiger partial charge in [0.05, 0.1) is 22.1 Å². The highest BCUT2D eigenvalue weighted by Gasteiger charge is 2.21. The average Bonchev–Trinajstić information content (AvgIpc) is 3.72. The summed E-state index contributed by atoms with van der Waals surface area (Å²) in [6, 6.07) is 52.4. The molecule has 0 aliphatic heterocycles. The Morgan fingerprint density at radius 2 is 0.930 bits per heavy atom. The monoisotopic (exact) mass is 548 g/mol. The van der Waals surface area contributed by atoms with E-state index >= 15 is 0 Å². The van der Waals surface area contributed by atoms with Gasteiger partial charge in [0, 0.05) is 49.1 Å². The lowest BCUT2D eigenvalue weighted by molar-refractivity contribution is 0.669. The summed E-state index contributed by atoms with van der Waals surface area (Å²) in [4.78, 5) is 0. The molecule has 7 aromatic carbocycles. The third-order valence-corrected chi connectivity index (χ3v) is 9.08. The van der Waals surface area contributed by atoms with E-state index in [2.05, 4.69) is 143 Å². The highest BCUT2D eigenvalue weighted by Crippen LogP contribution is 2.43. The van der Waals surface area contributed by atoms with E-state index in [0.717, 1.165) is 33.3 Å². The van der Waals surface area contributed by atoms with Crippen LogP contribution in [-0.4, -0.2) is 9.13 Å². The summed E-state index contributed by atoms with van der Waals surface area (Å²) >= 11 is 0. The number of hydrogen-bond donors (Lipinski definition) is 0. The standard InChI is InChI=1S/C40H24N2O/c1-2-10-26(11-3-1)41-34-15-7-4-12-28(34)31-21-18-25-19-22-32-29-13-5-8-16-35(29)42(40(32)38(25)39(31)41)27-20-23-37-33(24-27)30-14-6-9-17-36(30)43-37/h1-24H. The van der Waals surface area contributed by atoms with Crippen molar-refractivity contribution in [3.63, 3.8) is 0 Å². The Hall–Kier alpha value is -5.80. The first-order chi connectivity index (χ1) is 21.3. The summed E-state index contributed by atoms with van der Waals surface area (Å²) in [6.07, 6.45) is 0. The lowest BCUT2D eigenvalue weighted by Crippen LogP contribution is -1.97. The fraction of sp³-hybridized carbons (Fsp3) is 0. The van der Waals surface area contributed by atoms with Gasteiger partial charge in [0.1, 0.15) is 11.2 Å². The van der Waals surface area contributed by atoms with Crippen LogP contribution >= 0.6 is 0 Å². The fourth-order valence-corrected chi connectivity index (χ4v) is 7.28. The summed E-state index contributed by atoms with van der Waals surface area (Å²) in [5.74, 6) is 0. The van der Waals surface area contributed by atoms with Crippen molar-refractivity contribution in [2.75, 3.05) is 0 Å². The van der Waals surface area contributed by atoms with Crippen molar-refractivity contribution >= 4 is 76.3 Å². The highest BCUT2D eigenvalue weighted by atomic mass is 16.3. The third-order valence-electron chi connectivity index (χ3n) is 9.08. The van der Waals surface area contributed by atoms with Crippen molar-refractivity contribution in [2.45, 2.75) is 0 Å². The number of para-hydroxylation sites is 4. The van der Waals surface area contributed by atoms with Gasteiger partial charge < -0.3 is 13.6 Å². The Morgan fingerprint density at radius 1 is 0.372 bits per heavy atom. The van der Waals surface area contributed by atoms with E-state index in [1.807, 2.05) is 12.1 Å². The molecule has 43 heavy (non-hydrogen) atoms. The second-order valence-electron chi connectivity index (χ2n) is 11.3. The first-order valence-corrected chi connectivity index (χ1v) is 14.7. The van der Waals surface area contributed by atoms with Gasteiger partial charge >= 0.3 is 0 Å². The summed E-state index contributed by atoms with van der Waals surface area (Å²) in [5.41, 5.74) is 8.95. The van der Waals surface area contributed by atoms with E-state index in [0.29, 0.717) is 0 Å². The number of benzene rings is 7. The van der Waals surface area contributed by atoms with Crippen LogP contribution in [0, 0.1) is 0 Å². The van der Waals surface area contributed by atoms with Gasteiger partial charge in [-0.2, -0.15) is 0 Å². The van der Waals surface area contributed by atoms with Gasteiger partial charge in [0.15, 0.2) is 0 Å². The minimum Gasteiger partial charge on any atom is -0.456 e. The molecule has 0 N–H and O–H groups in total. The molecular formula is C40H24N2O. The topological polar surface area (TPSA) is 23.0 Å². The van der Waals surface area contributed by atoms with Crippen LogP contribution in [0.2, 0.25) is 0 Å². The van der Waals surface area contributed by atoms with Crippen LogP contribution in [0.5, 0.6) is 0 Å². The second-order valence-corrected chi connectivity index (χ2v) is 11.3. The van der Waals surface area contributed by atoms with Crippen LogP contribution in [0.4, 0.5) is 0 Å². The first kappa shape index (κ1) is 22.8. The Bertz CT molecular complexity index is 2720. The summed E-state index contributed by atoms with van der Waals surface area (Å²) in [6.45, 7) is 0. The van der Waals surface area contributed by atoms with E-state index in [1.54, 1.807) is 0 Å². The number of rotatable bonds is 2. The van der Waals surface area contributed by atoms with Crippen molar-refractivity contribution in [1.29, 1.82) is 0 Å². The van der Waals surface area contributed by atoms with Gasteiger partial charge in [0.25, 0.3) is 0 Å². The van der Waals surface area contributed by atoms with Crippen LogP contribution in [0.3, 0.4) is 0 Å². The molecule has 0 radical (unpaired) electrons. The number of furan rings is 1. The maximum absolute atomic E-state index is 6.21. The number of hydrogen-bond acceptors (Lipinski definition) is 1. The molecule has 0 amide bonds. The summed E-state index contributed by atoms with van der Waals surface area (Å²) < 4.78 is 11.1. The molecule has 0 saturated carbocycles. The lowest BCUT2D eigenvalue weighted by atomic mass is 10.0. The zero-order valence-electron chi connectivity index (χ0n) is 23.2. The summed E-state index contributed by atoms with van der Waals surface area (Å²) in [7, 11) is 0. The van der Waals surface area contributed by atoms with E-state index in [-0.39, 0.29) is 0 Å². The molecule has 3 heteroatoms. The minimum absolute atomic E-state index is 0.905. The molecule has 3 heterocycles. The molecule has 3 aromatic heterocycles. The van der Waals surface area contributed by atoms with Crippen molar-refractivity contribution < 1.29 is 4.42 Å². The molecular weight excluding hydrogens is 524 g/mol. The van der Waals surface area contributed by atoms with Crippen LogP contribution in [0.1, 0.15) is 0 Å². The first-order valence-electron chi connectivity index (χ1n) is 14.7. The number of nitrogens with zero attached hydrogens (tertiary/aromatic N) is 2. The Morgan fingerprint density at radius 3 is 1.63 bits per heavy atom. The molecule has 0 aliphatic rings. The average molecular weight is 549 g/mol. The van der Waals surface area contributed by atoms with Crippen molar-refractivity contribution in [3.8, 4) is 11.4 Å². The molecule has 0 fully saturated rings. The van der Waals surface area contributed by atoms with Gasteiger partial charge in [0.2, 0.25) is 0 Å². The predicted octanol–water partition coefficient (Wildman–Crippen LogP) is 10.9.